The van der Waals surface area contributed by atoms with Crippen LogP contribution in [0.1, 0.15) is 12.5 Å². The van der Waals surface area contributed by atoms with Crippen molar-refractivity contribution < 1.29 is 19.4 Å². The van der Waals surface area contributed by atoms with Gasteiger partial charge >= 0.3 is 0 Å². The molecule has 1 unspecified atom stereocenters. The van der Waals surface area contributed by atoms with Crippen LogP contribution in [0, 0.1) is 0 Å². The molecule has 0 amide bonds. The lowest BCUT2D eigenvalue weighted by molar-refractivity contribution is 0.0716. The van der Waals surface area contributed by atoms with Crippen LogP contribution in [0.2, 0.25) is 0 Å². The van der Waals surface area contributed by atoms with E-state index in [1.54, 1.807) is 25.3 Å². The molecule has 1 aromatic rings. The lowest BCUT2D eigenvalue weighted by Gasteiger charge is -2.13. The van der Waals surface area contributed by atoms with E-state index < -0.39 is 0 Å². The lowest BCUT2D eigenvalue weighted by atomic mass is 10.2. The summed E-state index contributed by atoms with van der Waals surface area (Å²) in [5.74, 6) is 1.14. The Kier molecular flexibility index (Phi) is 5.26. The van der Waals surface area contributed by atoms with E-state index in [0.717, 1.165) is 0 Å². The molecule has 0 heterocycles. The van der Waals surface area contributed by atoms with Crippen LogP contribution in [0.3, 0.4) is 0 Å². The van der Waals surface area contributed by atoms with E-state index in [9.17, 15) is 0 Å². The van der Waals surface area contributed by atoms with Crippen molar-refractivity contribution in [2.75, 3.05) is 20.8 Å². The standard InChI is InChI=1S/C12H18N2O4/c1-8(16-2)7-18-11-5-9(12(13)14-15)4-10(6-11)17-3/h4-6,8,15H,7H2,1-3H3,(H2,13,14). The highest BCUT2D eigenvalue weighted by Gasteiger charge is 2.07. The van der Waals surface area contributed by atoms with Gasteiger partial charge in [-0.25, -0.2) is 0 Å². The maximum Gasteiger partial charge on any atom is 0.170 e. The second-order valence-electron chi connectivity index (χ2n) is 3.74. The third-order valence-corrected chi connectivity index (χ3v) is 2.41. The number of benzene rings is 1. The Balaban J connectivity index is 2.90. The zero-order valence-electron chi connectivity index (χ0n) is 10.7. The molecular weight excluding hydrogens is 236 g/mol. The molecule has 100 valence electrons. The van der Waals surface area contributed by atoms with Gasteiger partial charge in [0.05, 0.1) is 13.2 Å². The number of nitrogens with zero attached hydrogens (tertiary/aromatic N) is 1. The van der Waals surface area contributed by atoms with Crippen LogP contribution in [0.4, 0.5) is 0 Å². The zero-order chi connectivity index (χ0) is 13.5. The van der Waals surface area contributed by atoms with Crippen molar-refractivity contribution in [3.8, 4) is 11.5 Å². The van der Waals surface area contributed by atoms with Crippen LogP contribution in [0.15, 0.2) is 23.4 Å². The molecule has 1 rings (SSSR count). The molecule has 0 spiro atoms. The van der Waals surface area contributed by atoms with Crippen molar-refractivity contribution in [2.45, 2.75) is 13.0 Å². The highest BCUT2D eigenvalue weighted by Crippen LogP contribution is 2.23. The van der Waals surface area contributed by atoms with Gasteiger partial charge < -0.3 is 25.2 Å². The molecule has 0 saturated carbocycles. The zero-order valence-corrected chi connectivity index (χ0v) is 10.7. The minimum Gasteiger partial charge on any atom is -0.497 e. The summed E-state index contributed by atoms with van der Waals surface area (Å²) in [4.78, 5) is 0. The Hall–Kier alpha value is -1.95. The molecule has 18 heavy (non-hydrogen) atoms. The Morgan fingerprint density at radius 2 is 2.00 bits per heavy atom. The molecule has 0 saturated heterocycles. The summed E-state index contributed by atoms with van der Waals surface area (Å²) in [5.41, 5.74) is 6.06. The maximum atomic E-state index is 8.66. The molecule has 0 aliphatic rings. The van der Waals surface area contributed by atoms with Crippen LogP contribution >= 0.6 is 0 Å². The van der Waals surface area contributed by atoms with Gasteiger partial charge in [0.1, 0.15) is 18.1 Å². The predicted molar refractivity (Wildman–Crippen MR) is 67.5 cm³/mol. The Morgan fingerprint density at radius 3 is 2.56 bits per heavy atom. The molecule has 6 nitrogen and oxygen atoms in total. The molecule has 0 radical (unpaired) electrons. The van der Waals surface area contributed by atoms with Crippen molar-refractivity contribution in [3.63, 3.8) is 0 Å². The first-order chi connectivity index (χ1) is 8.60. The largest absolute Gasteiger partial charge is 0.497 e. The van der Waals surface area contributed by atoms with Gasteiger partial charge in [0.2, 0.25) is 0 Å². The molecule has 3 N–H and O–H groups in total. The first-order valence-corrected chi connectivity index (χ1v) is 5.43. The molecule has 1 atom stereocenters. The number of oxime groups is 1. The maximum absolute atomic E-state index is 8.66. The number of ether oxygens (including phenoxy) is 3. The third-order valence-electron chi connectivity index (χ3n) is 2.41. The average molecular weight is 254 g/mol. The van der Waals surface area contributed by atoms with Crippen molar-refractivity contribution in [3.05, 3.63) is 23.8 Å². The van der Waals surface area contributed by atoms with Gasteiger partial charge in [-0.3, -0.25) is 0 Å². The quantitative estimate of drug-likeness (QED) is 0.345. The smallest absolute Gasteiger partial charge is 0.170 e. The van der Waals surface area contributed by atoms with Crippen molar-refractivity contribution in [1.82, 2.24) is 0 Å². The Morgan fingerprint density at radius 1 is 1.33 bits per heavy atom. The minimum absolute atomic E-state index is 0.00135. The van der Waals surface area contributed by atoms with Gasteiger partial charge in [-0.05, 0) is 19.1 Å². The van der Waals surface area contributed by atoms with Gasteiger partial charge in [-0.2, -0.15) is 0 Å². The van der Waals surface area contributed by atoms with E-state index in [2.05, 4.69) is 5.16 Å². The van der Waals surface area contributed by atoms with Crippen LogP contribution in [-0.2, 0) is 4.74 Å². The summed E-state index contributed by atoms with van der Waals surface area (Å²) < 4.78 is 15.7. The SMILES string of the molecule is COc1cc(OCC(C)OC)cc(/C(N)=N/O)c1. The molecule has 0 fully saturated rings. The second kappa shape index (κ2) is 6.70. The normalized spacial score (nSPS) is 13.2. The number of amidine groups is 1. The highest BCUT2D eigenvalue weighted by atomic mass is 16.5. The Labute approximate surface area is 106 Å². The number of methoxy groups -OCH3 is 2. The van der Waals surface area contributed by atoms with Crippen LogP contribution in [0.5, 0.6) is 11.5 Å². The van der Waals surface area contributed by atoms with Crippen molar-refractivity contribution in [1.29, 1.82) is 0 Å². The topological polar surface area (TPSA) is 86.3 Å². The third kappa shape index (κ3) is 3.81. The number of hydrogen-bond acceptors (Lipinski definition) is 5. The number of nitrogens with two attached hydrogens (primary N) is 1. The van der Waals surface area contributed by atoms with Gasteiger partial charge in [-0.1, -0.05) is 5.16 Å². The predicted octanol–water partition coefficient (Wildman–Crippen LogP) is 1.20. The van der Waals surface area contributed by atoms with E-state index in [0.29, 0.717) is 23.7 Å². The highest BCUT2D eigenvalue weighted by molar-refractivity contribution is 5.97. The Bertz CT molecular complexity index is 421. The van der Waals surface area contributed by atoms with Crippen molar-refractivity contribution >= 4 is 5.84 Å². The van der Waals surface area contributed by atoms with E-state index >= 15 is 0 Å². The second-order valence-corrected chi connectivity index (χ2v) is 3.74. The van der Waals surface area contributed by atoms with Crippen LogP contribution < -0.4 is 15.2 Å². The number of rotatable bonds is 6. The van der Waals surface area contributed by atoms with Gasteiger partial charge in [0.25, 0.3) is 0 Å². The molecule has 1 aromatic carbocycles. The van der Waals surface area contributed by atoms with Gasteiger partial charge in [0, 0.05) is 18.7 Å². The summed E-state index contributed by atoms with van der Waals surface area (Å²) in [6.07, 6.45) is -0.0245. The molecule has 0 aliphatic heterocycles. The van der Waals surface area contributed by atoms with Gasteiger partial charge in [0.15, 0.2) is 5.84 Å². The van der Waals surface area contributed by atoms with E-state index in [1.165, 1.54) is 7.11 Å². The van der Waals surface area contributed by atoms with Crippen molar-refractivity contribution in [2.24, 2.45) is 10.9 Å². The molecule has 0 bridgehead atoms. The number of hydrogen-bond donors (Lipinski definition) is 2. The lowest BCUT2D eigenvalue weighted by Crippen LogP contribution is -2.17. The van der Waals surface area contributed by atoms with Crippen LogP contribution in [0.25, 0.3) is 0 Å². The van der Waals surface area contributed by atoms with Crippen LogP contribution in [-0.4, -0.2) is 38.0 Å². The summed E-state index contributed by atoms with van der Waals surface area (Å²) in [5, 5.41) is 11.6. The summed E-state index contributed by atoms with van der Waals surface area (Å²) >= 11 is 0. The molecule has 6 heteroatoms. The van der Waals surface area contributed by atoms with E-state index in [-0.39, 0.29) is 11.9 Å². The fraction of sp³-hybridized carbons (Fsp3) is 0.417. The first-order valence-electron chi connectivity index (χ1n) is 5.43. The molecular formula is C12H18N2O4. The molecule has 0 aromatic heterocycles. The first kappa shape index (κ1) is 14.1. The fourth-order valence-corrected chi connectivity index (χ4v) is 1.26. The average Bonchev–Trinajstić information content (AvgIpc) is 2.43. The summed E-state index contributed by atoms with van der Waals surface area (Å²) in [7, 11) is 3.15. The van der Waals surface area contributed by atoms with E-state index in [1.807, 2.05) is 6.92 Å². The molecule has 0 aliphatic carbocycles. The summed E-state index contributed by atoms with van der Waals surface area (Å²) in [6.45, 7) is 2.30. The van der Waals surface area contributed by atoms with Gasteiger partial charge in [-0.15, -0.1) is 0 Å². The minimum atomic E-state index is -0.0245. The fourth-order valence-electron chi connectivity index (χ4n) is 1.26. The monoisotopic (exact) mass is 254 g/mol. The summed E-state index contributed by atoms with van der Waals surface area (Å²) in [6, 6.07) is 5.04. The van der Waals surface area contributed by atoms with E-state index in [4.69, 9.17) is 25.2 Å².